The van der Waals surface area contributed by atoms with Gasteiger partial charge in [0.1, 0.15) is 5.65 Å². The van der Waals surface area contributed by atoms with E-state index in [0.29, 0.717) is 17.0 Å². The lowest BCUT2D eigenvalue weighted by atomic mass is 10.1. The second-order valence-corrected chi connectivity index (χ2v) is 6.72. The van der Waals surface area contributed by atoms with Crippen LogP contribution < -0.4 is 0 Å². The summed E-state index contributed by atoms with van der Waals surface area (Å²) in [5, 5.41) is 5.06. The minimum absolute atomic E-state index is 0.114. The molecule has 9 heteroatoms. The number of aldehydes is 1. The first-order chi connectivity index (χ1) is 15.0. The second-order valence-electron chi connectivity index (χ2n) is 6.72. The summed E-state index contributed by atoms with van der Waals surface area (Å²) in [6.45, 7) is -0.143. The predicted molar refractivity (Wildman–Crippen MR) is 111 cm³/mol. The van der Waals surface area contributed by atoms with Crippen molar-refractivity contribution in [1.82, 2.24) is 19.3 Å². The molecule has 0 saturated heterocycles. The molecule has 0 fully saturated rings. The fourth-order valence-corrected chi connectivity index (χ4v) is 3.21. The molecule has 0 aliphatic rings. The maximum atomic E-state index is 12.4. The number of rotatable bonds is 6. The first-order valence-electron chi connectivity index (χ1n) is 9.30. The van der Waals surface area contributed by atoms with E-state index in [9.17, 15) is 14.4 Å². The standard InChI is InChI=1S/C22H18N4O5/c1-25-16(12-27)9-14-7-8-19(24-20(14)25)15-10-23-26(11-15)13-31-22(29)18-6-4-3-5-17(18)21(28)30-2/h3-12H,13H2,1-2H3. The molecule has 0 amide bonds. The van der Waals surface area contributed by atoms with E-state index in [1.165, 1.54) is 23.9 Å². The number of pyridine rings is 1. The number of hydrogen-bond donors (Lipinski definition) is 0. The average molecular weight is 418 g/mol. The summed E-state index contributed by atoms with van der Waals surface area (Å²) in [6, 6.07) is 11.7. The Bertz CT molecular complexity index is 1300. The molecule has 0 N–H and O–H groups in total. The highest BCUT2D eigenvalue weighted by atomic mass is 16.5. The lowest BCUT2D eigenvalue weighted by Gasteiger charge is -2.08. The van der Waals surface area contributed by atoms with Crippen molar-refractivity contribution >= 4 is 29.3 Å². The van der Waals surface area contributed by atoms with Crippen LogP contribution in [0.15, 0.2) is 54.9 Å². The number of ether oxygens (including phenoxy) is 2. The maximum absolute atomic E-state index is 12.4. The van der Waals surface area contributed by atoms with Gasteiger partial charge in [0, 0.05) is 24.2 Å². The van der Waals surface area contributed by atoms with Crippen LogP contribution in [0, 0.1) is 0 Å². The fraction of sp³-hybridized carbons (Fsp3) is 0.136. The Morgan fingerprint density at radius 2 is 1.84 bits per heavy atom. The fourth-order valence-electron chi connectivity index (χ4n) is 3.21. The molecule has 0 saturated carbocycles. The Balaban J connectivity index is 1.51. The number of aryl methyl sites for hydroxylation is 1. The first-order valence-corrected chi connectivity index (χ1v) is 9.30. The largest absolute Gasteiger partial charge is 0.465 e. The van der Waals surface area contributed by atoms with E-state index in [1.54, 1.807) is 42.2 Å². The molecule has 0 aliphatic heterocycles. The zero-order valence-electron chi connectivity index (χ0n) is 16.8. The van der Waals surface area contributed by atoms with Crippen molar-refractivity contribution in [2.24, 2.45) is 7.05 Å². The summed E-state index contributed by atoms with van der Waals surface area (Å²) in [7, 11) is 3.02. The SMILES string of the molecule is COC(=O)c1ccccc1C(=O)OCn1cc(-c2ccc3cc(C=O)n(C)c3n2)cn1. The van der Waals surface area contributed by atoms with E-state index in [0.717, 1.165) is 17.2 Å². The highest BCUT2D eigenvalue weighted by Crippen LogP contribution is 2.22. The van der Waals surface area contributed by atoms with Crippen molar-refractivity contribution in [1.29, 1.82) is 0 Å². The molecule has 0 unspecified atom stereocenters. The zero-order chi connectivity index (χ0) is 22.0. The molecule has 156 valence electrons. The Morgan fingerprint density at radius 3 is 2.55 bits per heavy atom. The Morgan fingerprint density at radius 1 is 1.10 bits per heavy atom. The minimum Gasteiger partial charge on any atom is -0.465 e. The number of carbonyl (C=O) groups is 3. The quantitative estimate of drug-likeness (QED) is 0.350. The van der Waals surface area contributed by atoms with Crippen molar-refractivity contribution in [3.63, 3.8) is 0 Å². The molecule has 0 atom stereocenters. The summed E-state index contributed by atoms with van der Waals surface area (Å²) in [6.07, 6.45) is 4.08. The number of carbonyl (C=O) groups excluding carboxylic acids is 3. The molecule has 31 heavy (non-hydrogen) atoms. The van der Waals surface area contributed by atoms with Crippen LogP contribution in [0.2, 0.25) is 0 Å². The summed E-state index contributed by atoms with van der Waals surface area (Å²) >= 11 is 0. The summed E-state index contributed by atoms with van der Waals surface area (Å²) in [5.74, 6) is -1.28. The molecular formula is C22H18N4O5. The van der Waals surface area contributed by atoms with E-state index < -0.39 is 11.9 Å². The number of hydrogen-bond acceptors (Lipinski definition) is 7. The number of aromatic nitrogens is 4. The third-order valence-electron chi connectivity index (χ3n) is 4.84. The lowest BCUT2D eigenvalue weighted by molar-refractivity contribution is 0.0341. The third-order valence-corrected chi connectivity index (χ3v) is 4.84. The molecule has 0 spiro atoms. The van der Waals surface area contributed by atoms with Crippen molar-refractivity contribution in [2.75, 3.05) is 7.11 Å². The second kappa shape index (κ2) is 8.23. The number of benzene rings is 1. The van der Waals surface area contributed by atoms with Crippen LogP contribution in [0.25, 0.3) is 22.3 Å². The van der Waals surface area contributed by atoms with Gasteiger partial charge in [0.25, 0.3) is 0 Å². The van der Waals surface area contributed by atoms with Gasteiger partial charge in [-0.25, -0.2) is 19.3 Å². The Hall–Kier alpha value is -4.27. The van der Waals surface area contributed by atoms with Crippen LogP contribution in [0.3, 0.4) is 0 Å². The van der Waals surface area contributed by atoms with Crippen molar-refractivity contribution in [3.8, 4) is 11.3 Å². The topological polar surface area (TPSA) is 105 Å². The van der Waals surface area contributed by atoms with Gasteiger partial charge in [0.15, 0.2) is 13.0 Å². The molecule has 3 heterocycles. The van der Waals surface area contributed by atoms with E-state index in [4.69, 9.17) is 9.47 Å². The molecule has 1 aromatic carbocycles. The average Bonchev–Trinajstić information content (AvgIpc) is 3.41. The van der Waals surface area contributed by atoms with Gasteiger partial charge in [-0.3, -0.25) is 4.79 Å². The first kappa shape index (κ1) is 20.0. The van der Waals surface area contributed by atoms with Crippen LogP contribution >= 0.6 is 0 Å². The van der Waals surface area contributed by atoms with E-state index >= 15 is 0 Å². The lowest BCUT2D eigenvalue weighted by Crippen LogP contribution is -2.14. The Labute approximate surface area is 176 Å². The summed E-state index contributed by atoms with van der Waals surface area (Å²) < 4.78 is 13.2. The number of methoxy groups -OCH3 is 1. The van der Waals surface area contributed by atoms with Gasteiger partial charge in [0.05, 0.1) is 35.8 Å². The molecule has 0 bridgehead atoms. The normalized spacial score (nSPS) is 10.8. The van der Waals surface area contributed by atoms with Gasteiger partial charge in [-0.05, 0) is 30.3 Å². The third kappa shape index (κ3) is 3.80. The molecule has 0 radical (unpaired) electrons. The molecule has 3 aromatic heterocycles. The summed E-state index contributed by atoms with van der Waals surface area (Å²) in [5.41, 5.74) is 2.85. The highest BCUT2D eigenvalue weighted by molar-refractivity contribution is 6.03. The monoisotopic (exact) mass is 418 g/mol. The molecule has 4 aromatic rings. The van der Waals surface area contributed by atoms with Crippen LogP contribution in [-0.2, 0) is 23.3 Å². The molecule has 0 aliphatic carbocycles. The van der Waals surface area contributed by atoms with Gasteiger partial charge < -0.3 is 14.0 Å². The van der Waals surface area contributed by atoms with Crippen LogP contribution in [0.5, 0.6) is 0 Å². The van der Waals surface area contributed by atoms with E-state index in [2.05, 4.69) is 10.1 Å². The van der Waals surface area contributed by atoms with E-state index in [-0.39, 0.29) is 17.9 Å². The van der Waals surface area contributed by atoms with Gasteiger partial charge in [0.2, 0.25) is 0 Å². The number of nitrogens with zero attached hydrogens (tertiary/aromatic N) is 4. The van der Waals surface area contributed by atoms with Crippen LogP contribution in [0.1, 0.15) is 31.2 Å². The predicted octanol–water partition coefficient (Wildman–Crippen LogP) is 2.85. The van der Waals surface area contributed by atoms with Crippen molar-refractivity contribution in [3.05, 3.63) is 71.7 Å². The van der Waals surface area contributed by atoms with Crippen LogP contribution in [0.4, 0.5) is 0 Å². The highest BCUT2D eigenvalue weighted by Gasteiger charge is 2.18. The van der Waals surface area contributed by atoms with E-state index in [1.807, 2.05) is 12.1 Å². The number of esters is 2. The van der Waals surface area contributed by atoms with Gasteiger partial charge >= 0.3 is 11.9 Å². The number of fused-ring (bicyclic) bond motifs is 1. The zero-order valence-corrected chi connectivity index (χ0v) is 16.8. The van der Waals surface area contributed by atoms with Gasteiger partial charge in [-0.2, -0.15) is 5.10 Å². The molecule has 9 nitrogen and oxygen atoms in total. The smallest absolute Gasteiger partial charge is 0.340 e. The van der Waals surface area contributed by atoms with Gasteiger partial charge in [-0.1, -0.05) is 12.1 Å². The van der Waals surface area contributed by atoms with Crippen molar-refractivity contribution in [2.45, 2.75) is 6.73 Å². The Kier molecular flexibility index (Phi) is 5.31. The molecule has 4 rings (SSSR count). The van der Waals surface area contributed by atoms with Gasteiger partial charge in [-0.15, -0.1) is 0 Å². The maximum Gasteiger partial charge on any atom is 0.340 e. The van der Waals surface area contributed by atoms with Crippen LogP contribution in [-0.4, -0.2) is 44.7 Å². The van der Waals surface area contributed by atoms with Crippen molar-refractivity contribution < 1.29 is 23.9 Å². The summed E-state index contributed by atoms with van der Waals surface area (Å²) in [4.78, 5) is 40.0. The minimum atomic E-state index is -0.664. The molecular weight excluding hydrogens is 400 g/mol.